The van der Waals surface area contributed by atoms with Crippen molar-refractivity contribution in [2.75, 3.05) is 49.1 Å². The summed E-state index contributed by atoms with van der Waals surface area (Å²) < 4.78 is 13.9. The largest absolute Gasteiger partial charge is 0.367 e. The van der Waals surface area contributed by atoms with Crippen LogP contribution in [0.2, 0.25) is 0 Å². The van der Waals surface area contributed by atoms with Crippen LogP contribution in [-0.2, 0) is 4.79 Å². The van der Waals surface area contributed by atoms with Crippen molar-refractivity contribution in [3.05, 3.63) is 59.9 Å². The minimum atomic E-state index is -0.169. The second kappa shape index (κ2) is 9.00. The SMILES string of the molecule is CCN(C(=O)CCN1CCN(c2ccccc2F)CC1)c1cccc(C)c1. The molecule has 0 saturated carbocycles. The van der Waals surface area contributed by atoms with Gasteiger partial charge in [-0.05, 0) is 43.7 Å². The number of rotatable bonds is 6. The second-order valence-electron chi connectivity index (χ2n) is 7.01. The molecule has 1 fully saturated rings. The third-order valence-corrected chi connectivity index (χ3v) is 5.14. The molecule has 1 amide bonds. The fourth-order valence-electron chi connectivity index (χ4n) is 3.61. The zero-order chi connectivity index (χ0) is 19.2. The molecule has 1 saturated heterocycles. The van der Waals surface area contributed by atoms with E-state index in [1.54, 1.807) is 6.07 Å². The topological polar surface area (TPSA) is 26.8 Å². The van der Waals surface area contributed by atoms with E-state index >= 15 is 0 Å². The first-order valence-corrected chi connectivity index (χ1v) is 9.67. The van der Waals surface area contributed by atoms with Gasteiger partial charge in [0, 0.05) is 51.4 Å². The van der Waals surface area contributed by atoms with E-state index in [2.05, 4.69) is 15.9 Å². The quantitative estimate of drug-likeness (QED) is 0.777. The van der Waals surface area contributed by atoms with Crippen LogP contribution in [0.5, 0.6) is 0 Å². The maximum Gasteiger partial charge on any atom is 0.228 e. The highest BCUT2D eigenvalue weighted by Crippen LogP contribution is 2.21. The van der Waals surface area contributed by atoms with Gasteiger partial charge >= 0.3 is 0 Å². The molecule has 2 aromatic carbocycles. The van der Waals surface area contributed by atoms with Crippen molar-refractivity contribution in [3.8, 4) is 0 Å². The van der Waals surface area contributed by atoms with Gasteiger partial charge in [-0.1, -0.05) is 24.3 Å². The van der Waals surface area contributed by atoms with Crippen LogP contribution in [0, 0.1) is 12.7 Å². The Balaban J connectivity index is 1.51. The van der Waals surface area contributed by atoms with Gasteiger partial charge in [-0.2, -0.15) is 0 Å². The van der Waals surface area contributed by atoms with Gasteiger partial charge in [-0.15, -0.1) is 0 Å². The van der Waals surface area contributed by atoms with Crippen LogP contribution in [0.15, 0.2) is 48.5 Å². The van der Waals surface area contributed by atoms with Gasteiger partial charge in [0.25, 0.3) is 0 Å². The highest BCUT2D eigenvalue weighted by Gasteiger charge is 2.21. The zero-order valence-corrected chi connectivity index (χ0v) is 16.2. The summed E-state index contributed by atoms with van der Waals surface area (Å²) in [7, 11) is 0. The van der Waals surface area contributed by atoms with Crippen molar-refractivity contribution in [3.63, 3.8) is 0 Å². The van der Waals surface area contributed by atoms with E-state index in [9.17, 15) is 9.18 Å². The first-order chi connectivity index (χ1) is 13.1. The summed E-state index contributed by atoms with van der Waals surface area (Å²) in [4.78, 5) is 18.9. The summed E-state index contributed by atoms with van der Waals surface area (Å²) in [5.74, 6) is -0.0162. The number of halogens is 1. The third kappa shape index (κ3) is 4.86. The Bertz CT molecular complexity index is 772. The van der Waals surface area contributed by atoms with E-state index in [-0.39, 0.29) is 11.7 Å². The molecule has 2 aromatic rings. The number of carbonyl (C=O) groups is 1. The number of para-hydroxylation sites is 1. The van der Waals surface area contributed by atoms with Gasteiger partial charge < -0.3 is 9.80 Å². The number of aryl methyl sites for hydroxylation is 1. The molecule has 1 aliphatic rings. The summed E-state index contributed by atoms with van der Waals surface area (Å²) in [5, 5.41) is 0. The minimum Gasteiger partial charge on any atom is -0.367 e. The standard InChI is InChI=1S/C22H28FN3O/c1-3-26(19-8-6-7-18(2)17-19)22(27)11-12-24-13-15-25(16-14-24)21-10-5-4-9-20(21)23/h4-10,17H,3,11-16H2,1-2H3. The minimum absolute atomic E-state index is 0.152. The normalized spacial score (nSPS) is 15.0. The number of amides is 1. The molecular weight excluding hydrogens is 341 g/mol. The Hall–Kier alpha value is -2.40. The van der Waals surface area contributed by atoms with Gasteiger partial charge in [0.1, 0.15) is 5.82 Å². The summed E-state index contributed by atoms with van der Waals surface area (Å²) in [6.07, 6.45) is 0.501. The lowest BCUT2D eigenvalue weighted by Crippen LogP contribution is -2.47. The number of benzene rings is 2. The predicted octanol–water partition coefficient (Wildman–Crippen LogP) is 3.70. The second-order valence-corrected chi connectivity index (χ2v) is 7.01. The molecule has 144 valence electrons. The van der Waals surface area contributed by atoms with Crippen molar-refractivity contribution in [1.29, 1.82) is 0 Å². The molecule has 0 spiro atoms. The number of hydrogen-bond acceptors (Lipinski definition) is 3. The van der Waals surface area contributed by atoms with Crippen LogP contribution in [0.4, 0.5) is 15.8 Å². The van der Waals surface area contributed by atoms with Crippen LogP contribution in [0.1, 0.15) is 18.9 Å². The van der Waals surface area contributed by atoms with Crippen LogP contribution in [0.3, 0.4) is 0 Å². The van der Waals surface area contributed by atoms with Crippen LogP contribution in [0.25, 0.3) is 0 Å². The lowest BCUT2D eigenvalue weighted by molar-refractivity contribution is -0.118. The smallest absolute Gasteiger partial charge is 0.228 e. The van der Waals surface area contributed by atoms with Crippen LogP contribution < -0.4 is 9.80 Å². The lowest BCUT2D eigenvalue weighted by Gasteiger charge is -2.36. The molecule has 4 nitrogen and oxygen atoms in total. The van der Waals surface area contributed by atoms with Gasteiger partial charge in [0.05, 0.1) is 5.69 Å². The number of nitrogens with zero attached hydrogens (tertiary/aromatic N) is 3. The molecule has 0 radical (unpaired) electrons. The third-order valence-electron chi connectivity index (χ3n) is 5.14. The Kier molecular flexibility index (Phi) is 6.45. The molecule has 3 rings (SSSR count). The van der Waals surface area contributed by atoms with Gasteiger partial charge in [0.2, 0.25) is 5.91 Å². The number of piperazine rings is 1. The summed E-state index contributed by atoms with van der Waals surface area (Å²) in [6, 6.07) is 15.0. The fraction of sp³-hybridized carbons (Fsp3) is 0.409. The highest BCUT2D eigenvalue weighted by molar-refractivity contribution is 5.93. The van der Waals surface area contributed by atoms with Crippen molar-refractivity contribution >= 4 is 17.3 Å². The van der Waals surface area contributed by atoms with E-state index in [1.165, 1.54) is 6.07 Å². The first kappa shape index (κ1) is 19.4. The van der Waals surface area contributed by atoms with E-state index in [4.69, 9.17) is 0 Å². The summed E-state index contributed by atoms with van der Waals surface area (Å²) in [6.45, 7) is 8.71. The van der Waals surface area contributed by atoms with E-state index in [0.717, 1.165) is 44.0 Å². The van der Waals surface area contributed by atoms with E-state index < -0.39 is 0 Å². The molecule has 1 aliphatic heterocycles. The van der Waals surface area contributed by atoms with Gasteiger partial charge in [-0.25, -0.2) is 4.39 Å². The molecule has 0 unspecified atom stereocenters. The number of hydrogen-bond donors (Lipinski definition) is 0. The Morgan fingerprint density at radius 1 is 1.07 bits per heavy atom. The molecule has 0 aromatic heterocycles. The van der Waals surface area contributed by atoms with Crippen LogP contribution in [-0.4, -0.2) is 50.1 Å². The summed E-state index contributed by atoms with van der Waals surface area (Å²) in [5.41, 5.74) is 2.79. The highest BCUT2D eigenvalue weighted by atomic mass is 19.1. The maximum atomic E-state index is 13.9. The van der Waals surface area contributed by atoms with Crippen molar-refractivity contribution in [2.45, 2.75) is 20.3 Å². The first-order valence-electron chi connectivity index (χ1n) is 9.67. The molecule has 1 heterocycles. The molecule has 0 aliphatic carbocycles. The predicted molar refractivity (Wildman–Crippen MR) is 109 cm³/mol. The van der Waals surface area contributed by atoms with Crippen molar-refractivity contribution in [1.82, 2.24) is 4.90 Å². The molecule has 0 atom stereocenters. The monoisotopic (exact) mass is 369 g/mol. The molecule has 0 bridgehead atoms. The number of anilines is 2. The maximum absolute atomic E-state index is 13.9. The average molecular weight is 369 g/mol. The van der Waals surface area contributed by atoms with Gasteiger partial charge in [-0.3, -0.25) is 9.69 Å². The molecule has 27 heavy (non-hydrogen) atoms. The van der Waals surface area contributed by atoms with E-state index in [1.807, 2.05) is 49.1 Å². The number of carbonyl (C=O) groups excluding carboxylic acids is 1. The Morgan fingerprint density at radius 3 is 2.48 bits per heavy atom. The summed E-state index contributed by atoms with van der Waals surface area (Å²) >= 11 is 0. The molecule has 0 N–H and O–H groups in total. The Labute approximate surface area is 161 Å². The fourth-order valence-corrected chi connectivity index (χ4v) is 3.61. The Morgan fingerprint density at radius 2 is 1.81 bits per heavy atom. The average Bonchev–Trinajstić information content (AvgIpc) is 2.68. The van der Waals surface area contributed by atoms with Gasteiger partial charge in [0.15, 0.2) is 0 Å². The van der Waals surface area contributed by atoms with Crippen molar-refractivity contribution < 1.29 is 9.18 Å². The van der Waals surface area contributed by atoms with Crippen LogP contribution >= 0.6 is 0 Å². The van der Waals surface area contributed by atoms with Crippen molar-refractivity contribution in [2.24, 2.45) is 0 Å². The zero-order valence-electron chi connectivity index (χ0n) is 16.2. The molecule has 5 heteroatoms. The van der Waals surface area contributed by atoms with E-state index in [0.29, 0.717) is 18.7 Å². The lowest BCUT2D eigenvalue weighted by atomic mass is 10.2. The molecular formula is C22H28FN3O.